The molecule has 0 spiro atoms. The second-order valence-corrected chi connectivity index (χ2v) is 11.4. The molecular formula is C28H36Cl2N2O3. The largest absolute Gasteiger partial charge is 0.366 e. The molecule has 1 amide bonds. The van der Waals surface area contributed by atoms with Crippen LogP contribution in [-0.4, -0.2) is 38.8 Å². The maximum absolute atomic E-state index is 14.2. The molecule has 7 heteroatoms. The Morgan fingerprint density at radius 2 is 1.91 bits per heavy atom. The second-order valence-electron chi connectivity index (χ2n) is 10.6. The minimum Gasteiger partial charge on any atom is -0.366 e. The Hall–Kier alpha value is -1.92. The predicted octanol–water partition coefficient (Wildman–Crippen LogP) is 6.94. The van der Waals surface area contributed by atoms with Crippen molar-refractivity contribution in [2.45, 2.75) is 83.8 Å². The lowest BCUT2D eigenvalue weighted by Gasteiger charge is -2.52. The van der Waals surface area contributed by atoms with Crippen LogP contribution < -0.4 is 0 Å². The summed E-state index contributed by atoms with van der Waals surface area (Å²) in [7, 11) is 0. The van der Waals surface area contributed by atoms with E-state index in [1.807, 2.05) is 69.9 Å². The van der Waals surface area contributed by atoms with Gasteiger partial charge in [-0.3, -0.25) is 9.78 Å². The van der Waals surface area contributed by atoms with Crippen molar-refractivity contribution in [3.8, 4) is 0 Å². The molecule has 0 saturated carbocycles. The molecule has 1 aliphatic rings. The Kier molecular flexibility index (Phi) is 8.69. The van der Waals surface area contributed by atoms with Gasteiger partial charge in [-0.1, -0.05) is 55.3 Å². The highest BCUT2D eigenvalue weighted by Crippen LogP contribution is 2.52. The number of halogens is 2. The summed E-state index contributed by atoms with van der Waals surface area (Å²) in [5, 5.41) is 12.4. The third-order valence-corrected chi connectivity index (χ3v) is 7.10. The lowest BCUT2D eigenvalue weighted by molar-refractivity contribution is -0.211. The van der Waals surface area contributed by atoms with E-state index in [9.17, 15) is 9.90 Å². The number of aliphatic hydroxyl groups is 1. The molecule has 0 bridgehead atoms. The van der Waals surface area contributed by atoms with Crippen molar-refractivity contribution in [3.63, 3.8) is 0 Å². The first-order valence-corrected chi connectivity index (χ1v) is 12.8. The van der Waals surface area contributed by atoms with E-state index in [1.54, 1.807) is 18.3 Å². The second kappa shape index (κ2) is 11.0. The molecule has 35 heavy (non-hydrogen) atoms. The summed E-state index contributed by atoms with van der Waals surface area (Å²) < 4.78 is 5.97. The van der Waals surface area contributed by atoms with Gasteiger partial charge in [0.1, 0.15) is 0 Å². The minimum absolute atomic E-state index is 0.0426. The maximum Gasteiger partial charge on any atom is 0.229 e. The molecule has 2 heterocycles. The normalized spacial score (nSPS) is 24.8. The molecule has 2 aromatic rings. The van der Waals surface area contributed by atoms with Crippen LogP contribution in [0.1, 0.15) is 77.1 Å². The number of aromatic nitrogens is 1. The molecule has 1 aromatic heterocycles. The van der Waals surface area contributed by atoms with Crippen LogP contribution in [0.2, 0.25) is 10.0 Å². The van der Waals surface area contributed by atoms with Crippen molar-refractivity contribution < 1.29 is 14.6 Å². The molecule has 1 fully saturated rings. The zero-order valence-corrected chi connectivity index (χ0v) is 22.7. The number of pyridine rings is 1. The van der Waals surface area contributed by atoms with Crippen molar-refractivity contribution in [2.75, 3.05) is 0 Å². The number of ether oxygens (including phenoxy) is 1. The van der Waals surface area contributed by atoms with E-state index in [4.69, 9.17) is 27.9 Å². The standard InChI is InChI=1S/C28H36Cl2N2O3/c1-7-14-28(6)17-21(22-16-20(30)13-15-31-22)24(18-9-11-19(29)12-10-18)32(26(28)34)23(8-2)25(33)35-27(3,4)5/h7,9-13,15-16,21,23-25,33H,1,8,14,17H2,2-6H3/t21-,23?,24-,25?,28+/m1/s1. The van der Waals surface area contributed by atoms with Gasteiger partial charge >= 0.3 is 0 Å². The molecule has 5 nitrogen and oxygen atoms in total. The molecule has 0 radical (unpaired) electrons. The Morgan fingerprint density at radius 3 is 2.46 bits per heavy atom. The number of piperidine rings is 1. The molecule has 0 aliphatic carbocycles. The average molecular weight is 520 g/mol. The molecule has 190 valence electrons. The highest BCUT2D eigenvalue weighted by Gasteiger charge is 2.52. The zero-order chi connectivity index (χ0) is 26.0. The lowest BCUT2D eigenvalue weighted by Crippen LogP contribution is -2.59. The van der Waals surface area contributed by atoms with Crippen LogP contribution in [0.25, 0.3) is 0 Å². The summed E-state index contributed by atoms with van der Waals surface area (Å²) in [6, 6.07) is 10.1. The average Bonchev–Trinajstić information content (AvgIpc) is 2.77. The Balaban J connectivity index is 2.23. The van der Waals surface area contributed by atoms with Crippen LogP contribution in [0, 0.1) is 5.41 Å². The van der Waals surface area contributed by atoms with Crippen LogP contribution in [0.15, 0.2) is 55.3 Å². The highest BCUT2D eigenvalue weighted by molar-refractivity contribution is 6.30. The number of benzene rings is 1. The van der Waals surface area contributed by atoms with Gasteiger partial charge in [-0.05, 0) is 69.9 Å². The van der Waals surface area contributed by atoms with Crippen molar-refractivity contribution in [1.29, 1.82) is 0 Å². The van der Waals surface area contributed by atoms with Gasteiger partial charge in [-0.25, -0.2) is 0 Å². The fraction of sp³-hybridized carbons (Fsp3) is 0.500. The van der Waals surface area contributed by atoms with E-state index in [0.29, 0.717) is 29.3 Å². The maximum atomic E-state index is 14.2. The lowest BCUT2D eigenvalue weighted by atomic mass is 9.68. The van der Waals surface area contributed by atoms with Crippen molar-refractivity contribution in [1.82, 2.24) is 9.88 Å². The van der Waals surface area contributed by atoms with Gasteiger partial charge in [0.05, 0.1) is 23.1 Å². The SMILES string of the molecule is C=CC[C@@]1(C)C[C@H](c2cc(Cl)ccn2)[C@@H](c2ccc(Cl)cc2)N(C(CC)C(O)OC(C)(C)C)C1=O. The van der Waals surface area contributed by atoms with Crippen molar-refractivity contribution >= 4 is 29.1 Å². The number of amides is 1. The summed E-state index contributed by atoms with van der Waals surface area (Å²) in [6.45, 7) is 13.5. The summed E-state index contributed by atoms with van der Waals surface area (Å²) in [5.74, 6) is -0.215. The fourth-order valence-corrected chi connectivity index (χ4v) is 5.38. The Morgan fingerprint density at radius 1 is 1.26 bits per heavy atom. The molecule has 1 saturated heterocycles. The van der Waals surface area contributed by atoms with Crippen LogP contribution in [0.4, 0.5) is 0 Å². The minimum atomic E-state index is -1.17. The van der Waals surface area contributed by atoms with Crippen LogP contribution in [0.3, 0.4) is 0 Å². The first-order valence-electron chi connectivity index (χ1n) is 12.1. The number of aliphatic hydroxyl groups excluding tert-OH is 1. The molecule has 3 rings (SSSR count). The van der Waals surface area contributed by atoms with E-state index < -0.39 is 29.4 Å². The quantitative estimate of drug-likeness (QED) is 0.303. The first-order chi connectivity index (χ1) is 16.4. The number of allylic oxidation sites excluding steroid dienone is 1. The van der Waals surface area contributed by atoms with Gasteiger partial charge in [0.15, 0.2) is 6.29 Å². The van der Waals surface area contributed by atoms with E-state index in [-0.39, 0.29) is 11.8 Å². The summed E-state index contributed by atoms with van der Waals surface area (Å²) in [5.41, 5.74) is 0.400. The van der Waals surface area contributed by atoms with Gasteiger partial charge in [-0.15, -0.1) is 6.58 Å². The summed E-state index contributed by atoms with van der Waals surface area (Å²) in [4.78, 5) is 20.7. The number of carbonyl (C=O) groups is 1. The van der Waals surface area contributed by atoms with Gasteiger partial charge in [0, 0.05) is 27.9 Å². The van der Waals surface area contributed by atoms with Crippen molar-refractivity contribution in [3.05, 3.63) is 76.6 Å². The number of nitrogens with zero attached hydrogens (tertiary/aromatic N) is 2. The first kappa shape index (κ1) is 27.7. The molecule has 2 unspecified atom stereocenters. The molecular weight excluding hydrogens is 483 g/mol. The van der Waals surface area contributed by atoms with E-state index in [0.717, 1.165) is 11.3 Å². The third-order valence-electron chi connectivity index (χ3n) is 6.61. The smallest absolute Gasteiger partial charge is 0.229 e. The zero-order valence-electron chi connectivity index (χ0n) is 21.2. The van der Waals surface area contributed by atoms with E-state index in [1.165, 1.54) is 0 Å². The van der Waals surface area contributed by atoms with Crippen LogP contribution >= 0.6 is 23.2 Å². The molecule has 1 aromatic carbocycles. The Labute approximate surface area is 219 Å². The predicted molar refractivity (Wildman–Crippen MR) is 141 cm³/mol. The van der Waals surface area contributed by atoms with Gasteiger partial charge in [0.25, 0.3) is 0 Å². The Bertz CT molecular complexity index is 1040. The summed E-state index contributed by atoms with van der Waals surface area (Å²) >= 11 is 12.6. The number of rotatable bonds is 8. The summed E-state index contributed by atoms with van der Waals surface area (Å²) in [6.07, 6.45) is 3.87. The monoisotopic (exact) mass is 518 g/mol. The van der Waals surface area contributed by atoms with Gasteiger partial charge < -0.3 is 14.7 Å². The van der Waals surface area contributed by atoms with Crippen molar-refractivity contribution in [2.24, 2.45) is 5.41 Å². The molecule has 1 aliphatic heterocycles. The number of hydrogen-bond donors (Lipinski definition) is 1. The molecule has 5 atom stereocenters. The third kappa shape index (κ3) is 6.26. The van der Waals surface area contributed by atoms with Gasteiger partial charge in [-0.2, -0.15) is 0 Å². The number of hydrogen-bond acceptors (Lipinski definition) is 4. The van der Waals surface area contributed by atoms with E-state index in [2.05, 4.69) is 11.6 Å². The number of carbonyl (C=O) groups excluding carboxylic acids is 1. The number of likely N-dealkylation sites (tertiary alicyclic amines) is 1. The fourth-order valence-electron chi connectivity index (χ4n) is 5.08. The van der Waals surface area contributed by atoms with Crippen LogP contribution in [0.5, 0.6) is 0 Å². The molecule has 1 N–H and O–H groups in total. The van der Waals surface area contributed by atoms with Gasteiger partial charge in [0.2, 0.25) is 5.91 Å². The topological polar surface area (TPSA) is 62.7 Å². The highest BCUT2D eigenvalue weighted by atomic mass is 35.5. The van der Waals surface area contributed by atoms with E-state index >= 15 is 0 Å². The van der Waals surface area contributed by atoms with Crippen LogP contribution in [-0.2, 0) is 9.53 Å².